The van der Waals surface area contributed by atoms with Gasteiger partial charge in [0.2, 0.25) is 0 Å². The van der Waals surface area contributed by atoms with Crippen molar-refractivity contribution in [2.45, 2.75) is 46.5 Å². The van der Waals surface area contributed by atoms with Gasteiger partial charge in [-0.25, -0.2) is 0 Å². The molecule has 2 rings (SSSR count). The third-order valence-corrected chi connectivity index (χ3v) is 4.84. The lowest BCUT2D eigenvalue weighted by atomic mass is 9.87. The van der Waals surface area contributed by atoms with Crippen LogP contribution < -0.4 is 5.73 Å². The van der Waals surface area contributed by atoms with Crippen LogP contribution in [0, 0.1) is 6.92 Å². The molecule has 0 saturated carbocycles. The maximum absolute atomic E-state index is 5.94. The summed E-state index contributed by atoms with van der Waals surface area (Å²) >= 11 is 0. The molecule has 0 bridgehead atoms. The quantitative estimate of drug-likeness (QED) is 0.628. The minimum Gasteiger partial charge on any atom is -0.330 e. The minimum absolute atomic E-state index is 0.687. The zero-order chi connectivity index (χ0) is 18.4. The van der Waals surface area contributed by atoms with E-state index in [-0.39, 0.29) is 0 Å². The van der Waals surface area contributed by atoms with Crippen LogP contribution in [-0.2, 0) is 6.42 Å². The highest BCUT2D eigenvalue weighted by Gasteiger charge is 2.21. The first kappa shape index (κ1) is 19.2. The number of aryl methyl sites for hydroxylation is 1. The fraction of sp³-hybridized carbons (Fsp3) is 0.333. The number of fused-ring (bicyclic) bond motifs is 1. The van der Waals surface area contributed by atoms with Crippen LogP contribution in [0.15, 0.2) is 71.9 Å². The summed E-state index contributed by atoms with van der Waals surface area (Å²) in [5.74, 6) is 0. The molecular weight excluding hydrogens is 302 g/mol. The molecule has 1 heteroatoms. The average molecular weight is 334 g/mol. The summed E-state index contributed by atoms with van der Waals surface area (Å²) < 4.78 is 0. The highest BCUT2D eigenvalue weighted by Crippen LogP contribution is 2.40. The lowest BCUT2D eigenvalue weighted by molar-refractivity contribution is 0.826. The van der Waals surface area contributed by atoms with E-state index < -0.39 is 0 Å². The molecule has 1 aliphatic rings. The molecule has 0 spiro atoms. The van der Waals surface area contributed by atoms with Gasteiger partial charge in [0.25, 0.3) is 0 Å². The summed E-state index contributed by atoms with van der Waals surface area (Å²) in [6, 6.07) is 6.80. The Morgan fingerprint density at radius 3 is 2.64 bits per heavy atom. The Bertz CT molecular complexity index is 748. The monoisotopic (exact) mass is 333 g/mol. The third kappa shape index (κ3) is 4.29. The van der Waals surface area contributed by atoms with Crippen molar-refractivity contribution in [2.24, 2.45) is 5.73 Å². The van der Waals surface area contributed by atoms with E-state index in [4.69, 9.17) is 5.73 Å². The van der Waals surface area contributed by atoms with Crippen molar-refractivity contribution in [1.82, 2.24) is 0 Å². The summed E-state index contributed by atoms with van der Waals surface area (Å²) in [4.78, 5) is 0. The van der Waals surface area contributed by atoms with Crippen molar-refractivity contribution in [2.75, 3.05) is 6.54 Å². The third-order valence-electron chi connectivity index (χ3n) is 4.84. The largest absolute Gasteiger partial charge is 0.330 e. The van der Waals surface area contributed by atoms with Crippen LogP contribution >= 0.6 is 0 Å². The minimum atomic E-state index is 0.687. The molecule has 1 nitrogen and oxygen atoms in total. The second-order valence-electron chi connectivity index (χ2n) is 6.84. The topological polar surface area (TPSA) is 26.0 Å². The molecule has 2 N–H and O–H groups in total. The maximum atomic E-state index is 5.94. The Kier molecular flexibility index (Phi) is 6.78. The summed E-state index contributed by atoms with van der Waals surface area (Å²) in [6.45, 7) is 15.5. The summed E-state index contributed by atoms with van der Waals surface area (Å²) in [5, 5.41) is 0. The molecule has 0 saturated heterocycles. The van der Waals surface area contributed by atoms with Gasteiger partial charge in [-0.15, -0.1) is 0 Å². The molecule has 0 heterocycles. The molecule has 1 aromatic rings. The van der Waals surface area contributed by atoms with Gasteiger partial charge in [-0.05, 0) is 73.1 Å². The van der Waals surface area contributed by atoms with Gasteiger partial charge in [0.1, 0.15) is 0 Å². The molecule has 0 fully saturated rings. The van der Waals surface area contributed by atoms with E-state index in [9.17, 15) is 0 Å². The molecule has 1 aromatic carbocycles. The van der Waals surface area contributed by atoms with Crippen LogP contribution in [0.4, 0.5) is 0 Å². The first-order chi connectivity index (χ1) is 12.0. The molecule has 25 heavy (non-hydrogen) atoms. The van der Waals surface area contributed by atoms with Gasteiger partial charge in [-0.2, -0.15) is 0 Å². The molecule has 1 aliphatic carbocycles. The van der Waals surface area contributed by atoms with Crippen molar-refractivity contribution in [3.05, 3.63) is 88.6 Å². The summed E-state index contributed by atoms with van der Waals surface area (Å²) in [7, 11) is 0. The van der Waals surface area contributed by atoms with E-state index in [2.05, 4.69) is 58.2 Å². The lowest BCUT2D eigenvalue weighted by Crippen LogP contribution is -2.04. The number of nitrogens with two attached hydrogens (primary N) is 1. The van der Waals surface area contributed by atoms with E-state index >= 15 is 0 Å². The Hall–Kier alpha value is -2.12. The van der Waals surface area contributed by atoms with Crippen LogP contribution in [0.3, 0.4) is 0 Å². The van der Waals surface area contributed by atoms with Crippen molar-refractivity contribution >= 4 is 5.57 Å². The van der Waals surface area contributed by atoms with E-state index in [0.717, 1.165) is 25.7 Å². The Morgan fingerprint density at radius 2 is 2.00 bits per heavy atom. The molecule has 0 atom stereocenters. The number of allylic oxidation sites excluding steroid dienone is 7. The molecule has 0 aromatic heterocycles. The van der Waals surface area contributed by atoms with Crippen molar-refractivity contribution in [3.8, 4) is 0 Å². The summed E-state index contributed by atoms with van der Waals surface area (Å²) in [5.41, 5.74) is 16.5. The van der Waals surface area contributed by atoms with Gasteiger partial charge in [0.05, 0.1) is 0 Å². The first-order valence-electron chi connectivity index (χ1n) is 9.23. The normalized spacial score (nSPS) is 16.9. The van der Waals surface area contributed by atoms with Crippen LogP contribution in [0.1, 0.15) is 49.8 Å². The molecule has 0 aliphatic heterocycles. The van der Waals surface area contributed by atoms with Gasteiger partial charge in [0.15, 0.2) is 0 Å². The zero-order valence-corrected chi connectivity index (χ0v) is 16.0. The van der Waals surface area contributed by atoms with Crippen molar-refractivity contribution in [3.63, 3.8) is 0 Å². The lowest BCUT2D eigenvalue weighted by Gasteiger charge is -2.18. The Balaban J connectivity index is 2.81. The fourth-order valence-corrected chi connectivity index (χ4v) is 3.75. The first-order valence-corrected chi connectivity index (χ1v) is 9.23. The zero-order valence-electron chi connectivity index (χ0n) is 16.0. The molecule has 0 radical (unpaired) electrons. The van der Waals surface area contributed by atoms with Crippen LogP contribution in [-0.4, -0.2) is 6.54 Å². The smallest absolute Gasteiger partial charge is 0.00193 e. The van der Waals surface area contributed by atoms with Gasteiger partial charge < -0.3 is 5.73 Å². The molecule has 0 amide bonds. The second kappa shape index (κ2) is 8.82. The Morgan fingerprint density at radius 1 is 1.24 bits per heavy atom. The molecular formula is C24H31N. The summed E-state index contributed by atoms with van der Waals surface area (Å²) in [6.07, 6.45) is 10.0. The van der Waals surface area contributed by atoms with Gasteiger partial charge in [-0.3, -0.25) is 0 Å². The number of benzene rings is 1. The predicted octanol–water partition coefficient (Wildman–Crippen LogP) is 6.07. The maximum Gasteiger partial charge on any atom is -0.00193 e. The standard InChI is InChI=1S/C24H31N/c1-6-8-10-22-18(4)16-21-15-17(3)11-12-23(21)24(19(22)5)20(9-7-2)13-14-25/h6,8,10-12,15H,1,4,7,9,13-14,16,25H2,2-3,5H3/b10-8-,24-20-. The van der Waals surface area contributed by atoms with E-state index in [1.165, 1.54) is 44.6 Å². The SMILES string of the molecule is C=C/C=C\C1=C(C)C(=C(\CCC)CCN)/c2ccc(C)cc2CC1=C. The molecule has 132 valence electrons. The van der Waals surface area contributed by atoms with Crippen molar-refractivity contribution < 1.29 is 0 Å². The fourth-order valence-electron chi connectivity index (χ4n) is 3.75. The predicted molar refractivity (Wildman–Crippen MR) is 112 cm³/mol. The van der Waals surface area contributed by atoms with E-state index in [0.29, 0.717) is 6.54 Å². The van der Waals surface area contributed by atoms with E-state index in [1.807, 2.05) is 12.2 Å². The highest BCUT2D eigenvalue weighted by atomic mass is 14.5. The van der Waals surface area contributed by atoms with Crippen LogP contribution in [0.5, 0.6) is 0 Å². The average Bonchev–Trinajstić information content (AvgIpc) is 2.66. The van der Waals surface area contributed by atoms with Crippen molar-refractivity contribution in [1.29, 1.82) is 0 Å². The number of rotatable bonds is 6. The highest BCUT2D eigenvalue weighted by molar-refractivity contribution is 5.86. The Labute approximate surface area is 153 Å². The number of hydrogen-bond acceptors (Lipinski definition) is 1. The van der Waals surface area contributed by atoms with Gasteiger partial charge in [-0.1, -0.05) is 74.1 Å². The van der Waals surface area contributed by atoms with Gasteiger partial charge >= 0.3 is 0 Å². The van der Waals surface area contributed by atoms with Crippen LogP contribution in [0.25, 0.3) is 5.57 Å². The second-order valence-corrected chi connectivity index (χ2v) is 6.84. The number of hydrogen-bond donors (Lipinski definition) is 1. The molecule has 0 unspecified atom stereocenters. The van der Waals surface area contributed by atoms with E-state index in [1.54, 1.807) is 0 Å². The van der Waals surface area contributed by atoms with Gasteiger partial charge in [0, 0.05) is 0 Å². The van der Waals surface area contributed by atoms with Crippen LogP contribution in [0.2, 0.25) is 0 Å².